The van der Waals surface area contributed by atoms with Gasteiger partial charge in [-0.1, -0.05) is 6.92 Å². The van der Waals surface area contributed by atoms with Crippen LogP contribution in [0.3, 0.4) is 0 Å². The molecular weight excluding hydrogens is 300 g/mol. The van der Waals surface area contributed by atoms with E-state index >= 15 is 0 Å². The van der Waals surface area contributed by atoms with E-state index in [0.717, 1.165) is 30.0 Å². The summed E-state index contributed by atoms with van der Waals surface area (Å²) in [5.41, 5.74) is 1.61. The first-order valence-corrected chi connectivity index (χ1v) is 8.65. The average molecular weight is 324 g/mol. The van der Waals surface area contributed by atoms with Gasteiger partial charge in [-0.2, -0.15) is 0 Å². The van der Waals surface area contributed by atoms with Crippen molar-refractivity contribution in [1.82, 2.24) is 4.90 Å². The fourth-order valence-electron chi connectivity index (χ4n) is 2.59. The maximum atomic E-state index is 12.3. The number of rotatable bonds is 5. The van der Waals surface area contributed by atoms with Crippen molar-refractivity contribution in [3.8, 4) is 0 Å². The molecule has 1 N–H and O–H groups in total. The monoisotopic (exact) mass is 324 g/mol. The highest BCUT2D eigenvalue weighted by Gasteiger charge is 2.29. The second-order valence-electron chi connectivity index (χ2n) is 5.64. The molecule has 0 aromatic carbocycles. The largest absolute Gasteiger partial charge is 0.462 e. The van der Waals surface area contributed by atoms with Crippen molar-refractivity contribution in [2.45, 2.75) is 53.1 Å². The van der Waals surface area contributed by atoms with Crippen molar-refractivity contribution < 1.29 is 14.3 Å². The molecule has 2 rings (SSSR count). The van der Waals surface area contributed by atoms with E-state index in [1.165, 1.54) is 11.3 Å². The molecule has 0 radical (unpaired) electrons. The molecule has 0 unspecified atom stereocenters. The van der Waals surface area contributed by atoms with E-state index in [9.17, 15) is 9.59 Å². The molecule has 0 aliphatic carbocycles. The number of carbonyl (C=O) groups is 2. The van der Waals surface area contributed by atoms with E-state index in [-0.39, 0.29) is 11.9 Å². The van der Waals surface area contributed by atoms with Crippen LogP contribution in [0.4, 0.5) is 5.00 Å². The topological polar surface area (TPSA) is 58.6 Å². The summed E-state index contributed by atoms with van der Waals surface area (Å²) >= 11 is 1.51. The Labute approximate surface area is 135 Å². The van der Waals surface area contributed by atoms with E-state index < -0.39 is 0 Å². The number of nitrogens with one attached hydrogen (secondary N) is 1. The van der Waals surface area contributed by atoms with Gasteiger partial charge in [-0.25, -0.2) is 4.79 Å². The standard InChI is InChI=1S/C16H24N2O3S/c1-5-13(19)17-15-14(16(20)21-6-2)11-7-8-18(10(3)4)9-12(11)22-15/h10H,5-9H2,1-4H3,(H,17,19). The number of fused-ring (bicyclic) bond motifs is 1. The molecule has 5 nitrogen and oxygen atoms in total. The first-order valence-electron chi connectivity index (χ1n) is 7.83. The van der Waals surface area contributed by atoms with Gasteiger partial charge in [0.15, 0.2) is 0 Å². The molecule has 1 aromatic rings. The van der Waals surface area contributed by atoms with Crippen molar-refractivity contribution in [3.63, 3.8) is 0 Å². The molecule has 1 aliphatic rings. The molecule has 6 heteroatoms. The third-order valence-electron chi connectivity index (χ3n) is 3.87. The molecular formula is C16H24N2O3S. The summed E-state index contributed by atoms with van der Waals surface area (Å²) in [6, 6.07) is 0.468. The Balaban J connectivity index is 2.37. The zero-order chi connectivity index (χ0) is 16.3. The number of amides is 1. The summed E-state index contributed by atoms with van der Waals surface area (Å²) in [6.07, 6.45) is 1.21. The minimum atomic E-state index is -0.329. The van der Waals surface area contributed by atoms with E-state index in [1.807, 2.05) is 0 Å². The lowest BCUT2D eigenvalue weighted by Gasteiger charge is -2.30. The molecule has 1 aromatic heterocycles. The van der Waals surface area contributed by atoms with Gasteiger partial charge < -0.3 is 10.1 Å². The maximum absolute atomic E-state index is 12.3. The van der Waals surface area contributed by atoms with Gasteiger partial charge >= 0.3 is 5.97 Å². The van der Waals surface area contributed by atoms with Gasteiger partial charge in [-0.15, -0.1) is 11.3 Å². The van der Waals surface area contributed by atoms with Crippen molar-refractivity contribution >= 4 is 28.2 Å². The summed E-state index contributed by atoms with van der Waals surface area (Å²) in [5, 5.41) is 3.50. The molecule has 0 fully saturated rings. The van der Waals surface area contributed by atoms with E-state index in [1.54, 1.807) is 13.8 Å². The minimum Gasteiger partial charge on any atom is -0.462 e. The van der Waals surface area contributed by atoms with Gasteiger partial charge in [0.2, 0.25) is 5.91 Å². The van der Waals surface area contributed by atoms with Crippen LogP contribution in [0.2, 0.25) is 0 Å². The molecule has 22 heavy (non-hydrogen) atoms. The Morgan fingerprint density at radius 2 is 2.09 bits per heavy atom. The van der Waals surface area contributed by atoms with Gasteiger partial charge in [0.25, 0.3) is 0 Å². The highest BCUT2D eigenvalue weighted by molar-refractivity contribution is 7.17. The lowest BCUT2D eigenvalue weighted by molar-refractivity contribution is -0.115. The number of anilines is 1. The molecule has 1 aliphatic heterocycles. The lowest BCUT2D eigenvalue weighted by Crippen LogP contribution is -2.35. The molecule has 0 atom stereocenters. The third-order valence-corrected chi connectivity index (χ3v) is 5.00. The van der Waals surface area contributed by atoms with E-state index in [4.69, 9.17) is 4.74 Å². The number of nitrogens with zero attached hydrogens (tertiary/aromatic N) is 1. The number of ether oxygens (including phenoxy) is 1. The molecule has 0 saturated heterocycles. The lowest BCUT2D eigenvalue weighted by atomic mass is 10.0. The number of hydrogen-bond donors (Lipinski definition) is 1. The number of esters is 1. The summed E-state index contributed by atoms with van der Waals surface area (Å²) in [7, 11) is 0. The molecule has 2 heterocycles. The van der Waals surface area contributed by atoms with Crippen LogP contribution < -0.4 is 5.32 Å². The van der Waals surface area contributed by atoms with Crippen LogP contribution in [0.5, 0.6) is 0 Å². The van der Waals surface area contributed by atoms with Crippen LogP contribution in [0.1, 0.15) is 54.9 Å². The van der Waals surface area contributed by atoms with Gasteiger partial charge in [0, 0.05) is 30.4 Å². The molecule has 0 bridgehead atoms. The number of carbonyl (C=O) groups excluding carboxylic acids is 2. The fourth-order valence-corrected chi connectivity index (χ4v) is 3.86. The van der Waals surface area contributed by atoms with Crippen LogP contribution in [0, 0.1) is 0 Å². The number of thiophene rings is 1. The Morgan fingerprint density at radius 3 is 2.68 bits per heavy atom. The minimum absolute atomic E-state index is 0.0788. The average Bonchev–Trinajstić information content (AvgIpc) is 2.83. The quantitative estimate of drug-likeness (QED) is 0.846. The van der Waals surface area contributed by atoms with Crippen LogP contribution in [0.25, 0.3) is 0 Å². The summed E-state index contributed by atoms with van der Waals surface area (Å²) in [6.45, 7) is 10.0. The van der Waals surface area contributed by atoms with Crippen LogP contribution in [0.15, 0.2) is 0 Å². The van der Waals surface area contributed by atoms with Crippen molar-refractivity contribution in [1.29, 1.82) is 0 Å². The predicted molar refractivity (Wildman–Crippen MR) is 88.4 cm³/mol. The fraction of sp³-hybridized carbons (Fsp3) is 0.625. The van der Waals surface area contributed by atoms with Gasteiger partial charge in [-0.05, 0) is 32.8 Å². The summed E-state index contributed by atoms with van der Waals surface area (Å²) in [4.78, 5) is 27.6. The molecule has 122 valence electrons. The third kappa shape index (κ3) is 3.50. The summed E-state index contributed by atoms with van der Waals surface area (Å²) < 4.78 is 5.19. The van der Waals surface area contributed by atoms with Gasteiger partial charge in [0.1, 0.15) is 5.00 Å². The van der Waals surface area contributed by atoms with Crippen molar-refractivity contribution in [2.24, 2.45) is 0 Å². The SMILES string of the molecule is CCOC(=O)c1c(NC(=O)CC)sc2c1CCN(C(C)C)C2. The van der Waals surface area contributed by atoms with Gasteiger partial charge in [-0.3, -0.25) is 9.69 Å². The first-order chi connectivity index (χ1) is 10.5. The summed E-state index contributed by atoms with van der Waals surface area (Å²) in [5.74, 6) is -0.408. The van der Waals surface area contributed by atoms with Crippen molar-refractivity contribution in [3.05, 3.63) is 16.0 Å². The second kappa shape index (κ2) is 7.24. The van der Waals surface area contributed by atoms with Crippen LogP contribution in [-0.2, 0) is 22.5 Å². The van der Waals surface area contributed by atoms with Gasteiger partial charge in [0.05, 0.1) is 12.2 Å². The smallest absolute Gasteiger partial charge is 0.341 e. The second-order valence-corrected chi connectivity index (χ2v) is 6.75. The van der Waals surface area contributed by atoms with Crippen molar-refractivity contribution in [2.75, 3.05) is 18.5 Å². The molecule has 0 spiro atoms. The molecule has 1 amide bonds. The Kier molecular flexibility index (Phi) is 5.58. The zero-order valence-electron chi connectivity index (χ0n) is 13.7. The molecule has 0 saturated carbocycles. The van der Waals surface area contributed by atoms with Crippen LogP contribution in [-0.4, -0.2) is 36.0 Å². The Bertz CT molecular complexity index is 566. The predicted octanol–water partition coefficient (Wildman–Crippen LogP) is 3.04. The normalized spacial score (nSPS) is 14.8. The van der Waals surface area contributed by atoms with E-state index in [0.29, 0.717) is 29.6 Å². The van der Waals surface area contributed by atoms with E-state index in [2.05, 4.69) is 24.1 Å². The van der Waals surface area contributed by atoms with Crippen LogP contribution >= 0.6 is 11.3 Å². The Hall–Kier alpha value is -1.40. The maximum Gasteiger partial charge on any atom is 0.341 e. The first kappa shape index (κ1) is 17.0. The highest BCUT2D eigenvalue weighted by Crippen LogP contribution is 2.38. The zero-order valence-corrected chi connectivity index (χ0v) is 14.5. The number of hydrogen-bond acceptors (Lipinski definition) is 5. The Morgan fingerprint density at radius 1 is 1.36 bits per heavy atom. The highest BCUT2D eigenvalue weighted by atomic mass is 32.1.